The van der Waals surface area contributed by atoms with Crippen molar-refractivity contribution in [1.29, 1.82) is 0 Å². The molecule has 0 radical (unpaired) electrons. The van der Waals surface area contributed by atoms with Gasteiger partial charge in [0.1, 0.15) is 0 Å². The zero-order valence-corrected chi connectivity index (χ0v) is 12.3. The van der Waals surface area contributed by atoms with Gasteiger partial charge in [0.2, 0.25) is 0 Å². The van der Waals surface area contributed by atoms with E-state index < -0.39 is 29.2 Å². The second kappa shape index (κ2) is 7.79. The first-order valence-corrected chi connectivity index (χ1v) is 6.62. The minimum Gasteiger partial charge on any atom is -0.348 e. The molecular formula is C14H18F3N3O2. The Morgan fingerprint density at radius 3 is 2.36 bits per heavy atom. The van der Waals surface area contributed by atoms with E-state index >= 15 is 0 Å². The van der Waals surface area contributed by atoms with E-state index in [1.54, 1.807) is 0 Å². The van der Waals surface area contributed by atoms with Gasteiger partial charge in [0.25, 0.3) is 0 Å². The monoisotopic (exact) mass is 317 g/mol. The van der Waals surface area contributed by atoms with Crippen molar-refractivity contribution in [3.05, 3.63) is 29.8 Å². The minimum atomic E-state index is -4.61. The number of amides is 2. The van der Waals surface area contributed by atoms with Crippen LogP contribution < -0.4 is 10.6 Å². The fourth-order valence-electron chi connectivity index (χ4n) is 1.70. The van der Waals surface area contributed by atoms with Crippen molar-refractivity contribution in [2.45, 2.75) is 12.6 Å². The Balaban J connectivity index is 2.60. The maximum atomic E-state index is 12.8. The number of nitrogens with zero attached hydrogens (tertiary/aromatic N) is 1. The molecule has 2 amide bonds. The van der Waals surface area contributed by atoms with Crippen molar-refractivity contribution < 1.29 is 22.8 Å². The molecule has 122 valence electrons. The molecule has 0 aliphatic heterocycles. The lowest BCUT2D eigenvalue weighted by Crippen LogP contribution is -2.37. The molecule has 0 aliphatic carbocycles. The molecule has 0 aromatic heterocycles. The highest BCUT2D eigenvalue weighted by atomic mass is 19.4. The predicted molar refractivity (Wildman–Crippen MR) is 76.3 cm³/mol. The summed E-state index contributed by atoms with van der Waals surface area (Å²) < 4.78 is 38.3. The van der Waals surface area contributed by atoms with Crippen LogP contribution in [0.2, 0.25) is 0 Å². The van der Waals surface area contributed by atoms with Gasteiger partial charge < -0.3 is 15.5 Å². The highest BCUT2D eigenvalue weighted by molar-refractivity contribution is 6.39. The molecule has 0 fully saturated rings. The highest BCUT2D eigenvalue weighted by Crippen LogP contribution is 2.34. The Hall–Kier alpha value is -2.09. The molecule has 0 heterocycles. The average Bonchev–Trinajstić information content (AvgIpc) is 2.42. The van der Waals surface area contributed by atoms with E-state index in [2.05, 4.69) is 5.32 Å². The average molecular weight is 317 g/mol. The number of rotatable bonds is 5. The van der Waals surface area contributed by atoms with Crippen molar-refractivity contribution in [1.82, 2.24) is 10.2 Å². The first-order chi connectivity index (χ1) is 10.2. The van der Waals surface area contributed by atoms with Crippen LogP contribution in [0.1, 0.15) is 12.0 Å². The van der Waals surface area contributed by atoms with Crippen molar-refractivity contribution in [2.24, 2.45) is 0 Å². The molecular weight excluding hydrogens is 299 g/mol. The number of carbonyl (C=O) groups excluding carboxylic acids is 2. The molecule has 1 aromatic rings. The number of hydrogen-bond acceptors (Lipinski definition) is 3. The number of benzene rings is 1. The number of hydrogen-bond donors (Lipinski definition) is 2. The quantitative estimate of drug-likeness (QED) is 0.642. The van der Waals surface area contributed by atoms with Gasteiger partial charge in [-0.3, -0.25) is 9.59 Å². The fraction of sp³-hybridized carbons (Fsp3) is 0.429. The number of carbonyl (C=O) groups is 2. The number of alkyl halides is 3. The summed E-state index contributed by atoms with van der Waals surface area (Å²) in [7, 11) is 3.73. The molecule has 0 saturated heterocycles. The Bertz CT molecular complexity index is 530. The largest absolute Gasteiger partial charge is 0.418 e. The Kier molecular flexibility index (Phi) is 6.36. The van der Waals surface area contributed by atoms with E-state index in [1.807, 2.05) is 24.3 Å². The third kappa shape index (κ3) is 5.72. The number of para-hydroxylation sites is 1. The smallest absolute Gasteiger partial charge is 0.348 e. The standard InChI is InChI=1S/C14H18F3N3O2/c1-20(2)9-5-8-18-12(21)13(22)19-11-7-4-3-6-10(11)14(15,16)17/h3-4,6-7H,5,8-9H2,1-2H3,(H,18,21)(H,19,22). The predicted octanol–water partition coefficient (Wildman–Crippen LogP) is 1.71. The lowest BCUT2D eigenvalue weighted by atomic mass is 10.1. The Morgan fingerprint density at radius 2 is 1.77 bits per heavy atom. The van der Waals surface area contributed by atoms with Gasteiger partial charge in [-0.2, -0.15) is 13.2 Å². The van der Waals surface area contributed by atoms with Crippen LogP contribution in [0.25, 0.3) is 0 Å². The number of halogens is 3. The summed E-state index contributed by atoms with van der Waals surface area (Å²) in [5, 5.41) is 4.34. The normalized spacial score (nSPS) is 11.4. The van der Waals surface area contributed by atoms with Crippen LogP contribution >= 0.6 is 0 Å². The Morgan fingerprint density at radius 1 is 1.14 bits per heavy atom. The van der Waals surface area contributed by atoms with Crippen molar-refractivity contribution >= 4 is 17.5 Å². The second-order valence-corrected chi connectivity index (χ2v) is 4.91. The molecule has 0 bridgehead atoms. The first kappa shape index (κ1) is 18.0. The maximum Gasteiger partial charge on any atom is 0.418 e. The molecule has 1 rings (SSSR count). The van der Waals surface area contributed by atoms with Gasteiger partial charge in [-0.05, 0) is 39.2 Å². The van der Waals surface area contributed by atoms with E-state index in [1.165, 1.54) is 12.1 Å². The van der Waals surface area contributed by atoms with E-state index in [0.717, 1.165) is 18.7 Å². The SMILES string of the molecule is CN(C)CCCNC(=O)C(=O)Nc1ccccc1C(F)(F)F. The van der Waals surface area contributed by atoms with Gasteiger partial charge in [-0.15, -0.1) is 0 Å². The van der Waals surface area contributed by atoms with Gasteiger partial charge in [0, 0.05) is 6.54 Å². The van der Waals surface area contributed by atoms with Crippen molar-refractivity contribution in [3.8, 4) is 0 Å². The van der Waals surface area contributed by atoms with Crippen molar-refractivity contribution in [3.63, 3.8) is 0 Å². The summed E-state index contributed by atoms with van der Waals surface area (Å²) in [6.07, 6.45) is -3.97. The summed E-state index contributed by atoms with van der Waals surface area (Å²) >= 11 is 0. The first-order valence-electron chi connectivity index (χ1n) is 6.62. The molecule has 1 aromatic carbocycles. The van der Waals surface area contributed by atoms with E-state index in [0.29, 0.717) is 6.42 Å². The topological polar surface area (TPSA) is 61.4 Å². The number of nitrogens with one attached hydrogen (secondary N) is 2. The molecule has 0 atom stereocenters. The molecule has 0 unspecified atom stereocenters. The zero-order valence-electron chi connectivity index (χ0n) is 12.3. The molecule has 2 N–H and O–H groups in total. The van der Waals surface area contributed by atoms with Gasteiger partial charge in [0.05, 0.1) is 11.3 Å². The van der Waals surface area contributed by atoms with Crippen LogP contribution in [0.4, 0.5) is 18.9 Å². The van der Waals surface area contributed by atoms with Crippen LogP contribution in [-0.4, -0.2) is 43.9 Å². The van der Waals surface area contributed by atoms with E-state index in [9.17, 15) is 22.8 Å². The molecule has 0 aliphatic rings. The molecule has 22 heavy (non-hydrogen) atoms. The third-order valence-corrected chi connectivity index (χ3v) is 2.75. The number of anilines is 1. The Labute approximate surface area is 126 Å². The van der Waals surface area contributed by atoms with Crippen LogP contribution in [-0.2, 0) is 15.8 Å². The second-order valence-electron chi connectivity index (χ2n) is 4.91. The van der Waals surface area contributed by atoms with E-state index in [-0.39, 0.29) is 6.54 Å². The molecule has 0 spiro atoms. The summed E-state index contributed by atoms with van der Waals surface area (Å²) in [4.78, 5) is 25.1. The molecule has 8 heteroatoms. The minimum absolute atomic E-state index is 0.269. The van der Waals surface area contributed by atoms with Gasteiger partial charge in [0.15, 0.2) is 0 Å². The van der Waals surface area contributed by atoms with Gasteiger partial charge >= 0.3 is 18.0 Å². The highest BCUT2D eigenvalue weighted by Gasteiger charge is 2.33. The fourth-order valence-corrected chi connectivity index (χ4v) is 1.70. The summed E-state index contributed by atoms with van der Waals surface area (Å²) in [6, 6.07) is 4.49. The van der Waals surface area contributed by atoms with Gasteiger partial charge in [-0.1, -0.05) is 12.1 Å². The van der Waals surface area contributed by atoms with Gasteiger partial charge in [-0.25, -0.2) is 0 Å². The van der Waals surface area contributed by atoms with Crippen LogP contribution in [0.5, 0.6) is 0 Å². The molecule has 5 nitrogen and oxygen atoms in total. The van der Waals surface area contributed by atoms with Crippen LogP contribution in [0, 0.1) is 0 Å². The lowest BCUT2D eigenvalue weighted by molar-refractivity contribution is -0.138. The molecule has 0 saturated carbocycles. The maximum absolute atomic E-state index is 12.8. The third-order valence-electron chi connectivity index (χ3n) is 2.75. The van der Waals surface area contributed by atoms with Crippen LogP contribution in [0.15, 0.2) is 24.3 Å². The van der Waals surface area contributed by atoms with E-state index in [4.69, 9.17) is 0 Å². The summed E-state index contributed by atoms with van der Waals surface area (Å²) in [5.41, 5.74) is -1.44. The summed E-state index contributed by atoms with van der Waals surface area (Å²) in [6.45, 7) is 0.990. The zero-order chi connectivity index (χ0) is 16.8. The van der Waals surface area contributed by atoms with Crippen molar-refractivity contribution in [2.75, 3.05) is 32.5 Å². The summed E-state index contributed by atoms with van der Waals surface area (Å²) in [5.74, 6) is -2.09. The lowest BCUT2D eigenvalue weighted by Gasteiger charge is -2.13. The van der Waals surface area contributed by atoms with Crippen LogP contribution in [0.3, 0.4) is 0 Å².